The normalized spacial score (nSPS) is 16.3. The summed E-state index contributed by atoms with van der Waals surface area (Å²) in [7, 11) is 0. The molecule has 1 aliphatic heterocycles. The number of nitrogens with zero attached hydrogens (tertiary/aromatic N) is 1. The maximum Gasteiger partial charge on any atom is 0.253 e. The summed E-state index contributed by atoms with van der Waals surface area (Å²) in [6.45, 7) is 1.56. The lowest BCUT2D eigenvalue weighted by Crippen LogP contribution is -2.40. The zero-order chi connectivity index (χ0) is 21.9. The van der Waals surface area contributed by atoms with Crippen LogP contribution in [0.5, 0.6) is 0 Å². The third-order valence-electron chi connectivity index (χ3n) is 6.45. The SMILES string of the molecule is O=C(c1ccc2cc(-c3cccc(-c4ccccc4)c3)ccc2c1)N1CCCC(CO)C1. The second-order valence-corrected chi connectivity index (χ2v) is 8.67. The van der Waals surface area contributed by atoms with Crippen molar-refractivity contribution in [3.63, 3.8) is 0 Å². The lowest BCUT2D eigenvalue weighted by atomic mass is 9.96. The Morgan fingerprint density at radius 3 is 2.28 bits per heavy atom. The number of carbonyl (C=O) groups is 1. The summed E-state index contributed by atoms with van der Waals surface area (Å²) in [5.74, 6) is 0.257. The van der Waals surface area contributed by atoms with Crippen LogP contribution in [-0.4, -0.2) is 35.6 Å². The first-order valence-corrected chi connectivity index (χ1v) is 11.3. The molecule has 0 bridgehead atoms. The van der Waals surface area contributed by atoms with Crippen LogP contribution in [0.15, 0.2) is 91.0 Å². The molecule has 0 aromatic heterocycles. The van der Waals surface area contributed by atoms with Gasteiger partial charge in [0.25, 0.3) is 5.91 Å². The van der Waals surface area contributed by atoms with Gasteiger partial charge in [-0.05, 0) is 76.1 Å². The molecule has 160 valence electrons. The van der Waals surface area contributed by atoms with Crippen molar-refractivity contribution in [2.24, 2.45) is 5.92 Å². The molecule has 1 aliphatic rings. The fourth-order valence-electron chi connectivity index (χ4n) is 4.65. The van der Waals surface area contributed by atoms with Gasteiger partial charge in [0.05, 0.1) is 0 Å². The Kier molecular flexibility index (Phi) is 5.74. The van der Waals surface area contributed by atoms with E-state index >= 15 is 0 Å². The van der Waals surface area contributed by atoms with Crippen LogP contribution in [0.25, 0.3) is 33.0 Å². The average molecular weight is 422 g/mol. The fourth-order valence-corrected chi connectivity index (χ4v) is 4.65. The lowest BCUT2D eigenvalue weighted by Gasteiger charge is -2.32. The number of fused-ring (bicyclic) bond motifs is 1. The highest BCUT2D eigenvalue weighted by molar-refractivity contribution is 5.99. The Hall–Kier alpha value is -3.43. The number of piperidine rings is 1. The summed E-state index contributed by atoms with van der Waals surface area (Å²) >= 11 is 0. The molecule has 1 heterocycles. The molecule has 1 fully saturated rings. The molecule has 1 atom stereocenters. The average Bonchev–Trinajstić information content (AvgIpc) is 2.88. The number of aliphatic hydroxyl groups is 1. The van der Waals surface area contributed by atoms with Gasteiger partial charge >= 0.3 is 0 Å². The summed E-state index contributed by atoms with van der Waals surface area (Å²) in [6.07, 6.45) is 1.95. The minimum Gasteiger partial charge on any atom is -0.396 e. The summed E-state index contributed by atoms with van der Waals surface area (Å²) in [6, 6.07) is 31.4. The van der Waals surface area contributed by atoms with Crippen molar-refractivity contribution >= 4 is 16.7 Å². The molecule has 0 saturated carbocycles. The molecule has 4 aromatic carbocycles. The Labute approximate surface area is 188 Å². The number of likely N-dealkylation sites (tertiary alicyclic amines) is 1. The molecule has 32 heavy (non-hydrogen) atoms. The summed E-state index contributed by atoms with van der Waals surface area (Å²) < 4.78 is 0. The van der Waals surface area contributed by atoms with Gasteiger partial charge in [-0.25, -0.2) is 0 Å². The second-order valence-electron chi connectivity index (χ2n) is 8.67. The Morgan fingerprint density at radius 1 is 0.781 bits per heavy atom. The number of amides is 1. The lowest BCUT2D eigenvalue weighted by molar-refractivity contribution is 0.0621. The van der Waals surface area contributed by atoms with Crippen LogP contribution in [0.1, 0.15) is 23.2 Å². The van der Waals surface area contributed by atoms with Crippen molar-refractivity contribution in [3.05, 3.63) is 96.6 Å². The first-order chi connectivity index (χ1) is 15.7. The second kappa shape index (κ2) is 8.97. The van der Waals surface area contributed by atoms with E-state index in [-0.39, 0.29) is 18.4 Å². The van der Waals surface area contributed by atoms with Gasteiger partial charge in [0.2, 0.25) is 0 Å². The zero-order valence-electron chi connectivity index (χ0n) is 18.1. The van der Waals surface area contributed by atoms with Crippen LogP contribution in [-0.2, 0) is 0 Å². The third kappa shape index (κ3) is 4.17. The van der Waals surface area contributed by atoms with E-state index in [0.717, 1.165) is 41.3 Å². The fraction of sp³-hybridized carbons (Fsp3) is 0.207. The van der Waals surface area contributed by atoms with E-state index in [0.29, 0.717) is 6.54 Å². The Balaban J connectivity index is 1.42. The molecule has 5 rings (SSSR count). The molecule has 3 heteroatoms. The van der Waals surface area contributed by atoms with Crippen LogP contribution in [0.4, 0.5) is 0 Å². The number of carbonyl (C=O) groups excluding carboxylic acids is 1. The van der Waals surface area contributed by atoms with E-state index < -0.39 is 0 Å². The molecule has 1 amide bonds. The van der Waals surface area contributed by atoms with Crippen LogP contribution in [0, 0.1) is 5.92 Å². The molecule has 3 nitrogen and oxygen atoms in total. The first kappa shape index (κ1) is 20.5. The molecule has 4 aromatic rings. The highest BCUT2D eigenvalue weighted by Gasteiger charge is 2.24. The minimum atomic E-state index is 0.0599. The largest absolute Gasteiger partial charge is 0.396 e. The third-order valence-corrected chi connectivity index (χ3v) is 6.45. The van der Waals surface area contributed by atoms with Gasteiger partial charge in [-0.1, -0.05) is 66.7 Å². The monoisotopic (exact) mass is 421 g/mol. The quantitative estimate of drug-likeness (QED) is 0.438. The smallest absolute Gasteiger partial charge is 0.253 e. The van der Waals surface area contributed by atoms with Crippen molar-refractivity contribution in [3.8, 4) is 22.3 Å². The molecule has 1 N–H and O–H groups in total. The molecular formula is C29H27NO2. The van der Waals surface area contributed by atoms with Gasteiger partial charge in [0.15, 0.2) is 0 Å². The molecule has 0 spiro atoms. The number of hydrogen-bond acceptors (Lipinski definition) is 2. The van der Waals surface area contributed by atoms with Gasteiger partial charge in [-0.2, -0.15) is 0 Å². The van der Waals surface area contributed by atoms with Crippen molar-refractivity contribution in [1.29, 1.82) is 0 Å². The van der Waals surface area contributed by atoms with Gasteiger partial charge in [0, 0.05) is 25.3 Å². The van der Waals surface area contributed by atoms with E-state index in [1.807, 2.05) is 29.2 Å². The van der Waals surface area contributed by atoms with Crippen molar-refractivity contribution in [2.75, 3.05) is 19.7 Å². The highest BCUT2D eigenvalue weighted by Crippen LogP contribution is 2.29. The summed E-state index contributed by atoms with van der Waals surface area (Å²) in [5.41, 5.74) is 5.47. The number of benzene rings is 4. The zero-order valence-corrected chi connectivity index (χ0v) is 18.1. The minimum absolute atomic E-state index is 0.0599. The maximum atomic E-state index is 13.0. The standard InChI is InChI=1S/C29H27NO2/c31-20-21-6-5-15-30(19-21)29(32)28-14-13-26-17-25(11-12-27(26)18-28)24-10-4-9-23(16-24)22-7-2-1-3-8-22/h1-4,7-14,16-18,21,31H,5-6,15,19-20H2. The molecule has 0 aliphatic carbocycles. The van der Waals surface area contributed by atoms with Gasteiger partial charge in [0.1, 0.15) is 0 Å². The Morgan fingerprint density at radius 2 is 1.47 bits per heavy atom. The Bertz CT molecular complexity index is 1250. The van der Waals surface area contributed by atoms with Gasteiger partial charge in [-0.15, -0.1) is 0 Å². The highest BCUT2D eigenvalue weighted by atomic mass is 16.3. The van der Waals surface area contributed by atoms with Crippen molar-refractivity contribution in [1.82, 2.24) is 4.90 Å². The van der Waals surface area contributed by atoms with E-state index in [2.05, 4.69) is 66.7 Å². The summed E-state index contributed by atoms with van der Waals surface area (Å²) in [4.78, 5) is 14.9. The number of aliphatic hydroxyl groups excluding tert-OH is 1. The van der Waals surface area contributed by atoms with Crippen LogP contribution in [0.2, 0.25) is 0 Å². The van der Waals surface area contributed by atoms with Crippen molar-refractivity contribution in [2.45, 2.75) is 12.8 Å². The molecule has 1 saturated heterocycles. The van der Waals surface area contributed by atoms with Crippen LogP contribution >= 0.6 is 0 Å². The first-order valence-electron chi connectivity index (χ1n) is 11.3. The predicted octanol–water partition coefficient (Wildman–Crippen LogP) is 6.02. The van der Waals surface area contributed by atoms with E-state index in [9.17, 15) is 9.90 Å². The van der Waals surface area contributed by atoms with E-state index in [1.165, 1.54) is 16.7 Å². The molecular weight excluding hydrogens is 394 g/mol. The predicted molar refractivity (Wildman–Crippen MR) is 131 cm³/mol. The molecule has 0 radical (unpaired) electrons. The van der Waals surface area contributed by atoms with Crippen LogP contribution in [0.3, 0.4) is 0 Å². The van der Waals surface area contributed by atoms with E-state index in [1.54, 1.807) is 0 Å². The molecule has 1 unspecified atom stereocenters. The number of rotatable bonds is 4. The maximum absolute atomic E-state index is 13.0. The van der Waals surface area contributed by atoms with E-state index in [4.69, 9.17) is 0 Å². The topological polar surface area (TPSA) is 40.5 Å². The summed E-state index contributed by atoms with van der Waals surface area (Å²) in [5, 5.41) is 11.7. The van der Waals surface area contributed by atoms with Crippen LogP contribution < -0.4 is 0 Å². The van der Waals surface area contributed by atoms with Crippen molar-refractivity contribution < 1.29 is 9.90 Å². The number of hydrogen-bond donors (Lipinski definition) is 1. The van der Waals surface area contributed by atoms with Gasteiger partial charge in [-0.3, -0.25) is 4.79 Å². The van der Waals surface area contributed by atoms with Gasteiger partial charge < -0.3 is 10.0 Å².